The Labute approximate surface area is 252 Å². The molecule has 2 aliphatic rings. The van der Waals surface area contributed by atoms with Crippen LogP contribution in [0.25, 0.3) is 0 Å². The lowest BCUT2D eigenvalue weighted by molar-refractivity contribution is -0.163. The van der Waals surface area contributed by atoms with Gasteiger partial charge in [0.25, 0.3) is 0 Å². The van der Waals surface area contributed by atoms with Crippen molar-refractivity contribution in [2.75, 3.05) is 34.0 Å². The van der Waals surface area contributed by atoms with Gasteiger partial charge in [0.15, 0.2) is 11.5 Å². The Balaban J connectivity index is 1.98. The average molecular weight is 586 g/mol. The average Bonchev–Trinajstić information content (AvgIpc) is 3.02. The molecule has 3 rings (SSSR count). The normalized spacial score (nSPS) is 20.5. The second kappa shape index (κ2) is 16.6. The van der Waals surface area contributed by atoms with Crippen LogP contribution in [-0.4, -0.2) is 69.0 Å². The van der Waals surface area contributed by atoms with Crippen molar-refractivity contribution in [2.24, 2.45) is 11.8 Å². The Bertz CT molecular complexity index is 1050. The zero-order chi connectivity index (χ0) is 30.6. The van der Waals surface area contributed by atoms with E-state index in [4.69, 9.17) is 23.7 Å². The predicted octanol–water partition coefficient (Wildman–Crippen LogP) is 6.47. The zero-order valence-corrected chi connectivity index (χ0v) is 26.3. The summed E-state index contributed by atoms with van der Waals surface area (Å²) in [5, 5.41) is 0. The second-order valence-electron chi connectivity index (χ2n) is 11.7. The van der Waals surface area contributed by atoms with Crippen LogP contribution in [-0.2, 0) is 19.1 Å². The van der Waals surface area contributed by atoms with Gasteiger partial charge in [-0.05, 0) is 69.6 Å². The molecule has 1 heterocycles. The molecule has 5 atom stereocenters. The van der Waals surface area contributed by atoms with E-state index >= 15 is 0 Å². The van der Waals surface area contributed by atoms with E-state index in [1.165, 1.54) is 6.42 Å². The highest BCUT2D eigenvalue weighted by Crippen LogP contribution is 2.45. The van der Waals surface area contributed by atoms with E-state index in [1.54, 1.807) is 31.3 Å². The lowest BCUT2D eigenvalue weighted by Gasteiger charge is -2.40. The molecule has 1 aliphatic heterocycles. The number of carbonyl (C=O) groups excluding carboxylic acids is 2. The van der Waals surface area contributed by atoms with E-state index in [-0.39, 0.29) is 35.9 Å². The van der Waals surface area contributed by atoms with Crippen molar-refractivity contribution in [1.29, 1.82) is 0 Å². The Kier molecular flexibility index (Phi) is 13.2. The fourth-order valence-corrected chi connectivity index (χ4v) is 5.99. The molecular weight excluding hydrogens is 534 g/mol. The third kappa shape index (κ3) is 8.52. The summed E-state index contributed by atoms with van der Waals surface area (Å²) in [5.41, 5.74) is 0.811. The first kappa shape index (κ1) is 33.5. The number of likely N-dealkylation sites (tertiary alicyclic amines) is 1. The van der Waals surface area contributed by atoms with Crippen molar-refractivity contribution in [3.63, 3.8) is 0 Å². The Morgan fingerprint density at radius 1 is 0.976 bits per heavy atom. The number of hydrogen-bond donors (Lipinski definition) is 0. The molecule has 0 radical (unpaired) electrons. The lowest BCUT2D eigenvalue weighted by Crippen LogP contribution is -2.51. The minimum Gasteiger partial charge on any atom is -0.493 e. The largest absolute Gasteiger partial charge is 0.493 e. The number of nitrogens with zero attached hydrogens (tertiary/aromatic N) is 1. The van der Waals surface area contributed by atoms with E-state index in [9.17, 15) is 9.59 Å². The van der Waals surface area contributed by atoms with Gasteiger partial charge in [-0.1, -0.05) is 38.3 Å². The number of rotatable bonds is 15. The van der Waals surface area contributed by atoms with Gasteiger partial charge < -0.3 is 28.6 Å². The minimum absolute atomic E-state index is 0.0201. The molecule has 1 aromatic carbocycles. The maximum Gasteiger partial charge on any atom is 0.329 e. The molecule has 0 aromatic heterocycles. The van der Waals surface area contributed by atoms with Gasteiger partial charge in [-0.2, -0.15) is 0 Å². The summed E-state index contributed by atoms with van der Waals surface area (Å²) in [6.45, 7) is 14.5. The van der Waals surface area contributed by atoms with Gasteiger partial charge in [-0.25, -0.2) is 4.79 Å². The number of esters is 1. The maximum absolute atomic E-state index is 14.6. The lowest BCUT2D eigenvalue weighted by atomic mass is 9.75. The summed E-state index contributed by atoms with van der Waals surface area (Å²) < 4.78 is 29.1. The first-order chi connectivity index (χ1) is 20.2. The highest BCUT2D eigenvalue weighted by atomic mass is 16.6. The van der Waals surface area contributed by atoms with Gasteiger partial charge in [0, 0.05) is 12.5 Å². The van der Waals surface area contributed by atoms with Crippen LogP contribution >= 0.6 is 0 Å². The molecule has 0 bridgehead atoms. The molecule has 0 N–H and O–H groups in total. The second-order valence-corrected chi connectivity index (χ2v) is 11.7. The van der Waals surface area contributed by atoms with Gasteiger partial charge in [0.1, 0.15) is 18.8 Å². The van der Waals surface area contributed by atoms with Crippen molar-refractivity contribution < 1.29 is 33.3 Å². The molecule has 1 amide bonds. The van der Waals surface area contributed by atoms with Gasteiger partial charge in [-0.3, -0.25) is 4.79 Å². The van der Waals surface area contributed by atoms with Crippen LogP contribution in [0.4, 0.5) is 0 Å². The summed E-state index contributed by atoms with van der Waals surface area (Å²) in [6.07, 6.45) is 10.5. The first-order valence-electron chi connectivity index (χ1n) is 15.5. The molecule has 234 valence electrons. The Morgan fingerprint density at radius 2 is 1.67 bits per heavy atom. The highest BCUT2D eigenvalue weighted by molar-refractivity contribution is 5.89. The standard InChI is InChI=1S/C34H51NO7/c1-8-19-40-24(4)22-41-30-21-27(20-29(38-6)32(30)39-7)31(26-15-11-10-12-16-26)33(36)35-18-14-13-17-28(35)34(37)42-25(5)23(3)9-2/h8-9,20-21,23-26,28,31H,1-2,10-19,22H2,3-7H3/t23-,24+,25-,28+,31+/m1/s1. The van der Waals surface area contributed by atoms with Gasteiger partial charge in [0.2, 0.25) is 11.7 Å². The molecular formula is C34H51NO7. The molecule has 0 spiro atoms. The van der Waals surface area contributed by atoms with Crippen LogP contribution in [0.3, 0.4) is 0 Å². The molecule has 8 nitrogen and oxygen atoms in total. The summed E-state index contributed by atoms with van der Waals surface area (Å²) in [5.74, 6) is 0.815. The molecule has 2 fully saturated rings. The van der Waals surface area contributed by atoms with E-state index in [0.717, 1.165) is 44.1 Å². The minimum atomic E-state index is -0.601. The van der Waals surface area contributed by atoms with Gasteiger partial charge >= 0.3 is 5.97 Å². The number of carbonyl (C=O) groups is 2. The third-order valence-corrected chi connectivity index (χ3v) is 8.66. The molecule has 1 saturated carbocycles. The van der Waals surface area contributed by atoms with Crippen molar-refractivity contribution in [3.8, 4) is 17.2 Å². The van der Waals surface area contributed by atoms with E-state index in [2.05, 4.69) is 13.2 Å². The number of amides is 1. The van der Waals surface area contributed by atoms with Crippen LogP contribution in [0.2, 0.25) is 0 Å². The monoisotopic (exact) mass is 585 g/mol. The van der Waals surface area contributed by atoms with Crippen LogP contribution in [0.1, 0.15) is 83.6 Å². The van der Waals surface area contributed by atoms with Crippen LogP contribution in [0.5, 0.6) is 17.2 Å². The SMILES string of the molecule is C=CCO[C@@H](C)COc1cc([C@@H](C(=O)N2CCCC[C@H]2C(=O)O[C@H](C)[C@H](C)C=C)C2CCCCC2)cc(OC)c1OC. The fourth-order valence-electron chi connectivity index (χ4n) is 5.99. The number of methoxy groups -OCH3 is 2. The van der Waals surface area contributed by atoms with E-state index in [0.29, 0.717) is 43.4 Å². The van der Waals surface area contributed by atoms with Gasteiger partial charge in [0.05, 0.1) is 32.8 Å². The first-order valence-corrected chi connectivity index (χ1v) is 15.5. The molecule has 0 unspecified atom stereocenters. The number of benzene rings is 1. The fraction of sp³-hybridized carbons (Fsp3) is 0.647. The smallest absolute Gasteiger partial charge is 0.329 e. The van der Waals surface area contributed by atoms with E-state index in [1.807, 2.05) is 32.9 Å². The van der Waals surface area contributed by atoms with Crippen LogP contribution in [0.15, 0.2) is 37.4 Å². The summed E-state index contributed by atoms with van der Waals surface area (Å²) in [6, 6.07) is 3.20. The number of ether oxygens (including phenoxy) is 5. The molecule has 42 heavy (non-hydrogen) atoms. The zero-order valence-electron chi connectivity index (χ0n) is 26.3. The van der Waals surface area contributed by atoms with Crippen molar-refractivity contribution in [3.05, 3.63) is 43.0 Å². The number of piperidine rings is 1. The maximum atomic E-state index is 14.6. The highest BCUT2D eigenvalue weighted by Gasteiger charge is 2.41. The molecule has 1 saturated heterocycles. The molecule has 8 heteroatoms. The summed E-state index contributed by atoms with van der Waals surface area (Å²) in [4.78, 5) is 29.8. The quantitative estimate of drug-likeness (QED) is 0.172. The number of hydrogen-bond acceptors (Lipinski definition) is 7. The van der Waals surface area contributed by atoms with Crippen molar-refractivity contribution in [1.82, 2.24) is 4.90 Å². The van der Waals surface area contributed by atoms with Crippen LogP contribution in [0, 0.1) is 11.8 Å². The van der Waals surface area contributed by atoms with Gasteiger partial charge in [-0.15, -0.1) is 13.2 Å². The van der Waals surface area contributed by atoms with Crippen LogP contribution < -0.4 is 14.2 Å². The summed E-state index contributed by atoms with van der Waals surface area (Å²) in [7, 11) is 3.16. The Hall–Kier alpha value is -3.00. The molecule has 1 aliphatic carbocycles. The summed E-state index contributed by atoms with van der Waals surface area (Å²) >= 11 is 0. The van der Waals surface area contributed by atoms with Crippen molar-refractivity contribution in [2.45, 2.75) is 96.3 Å². The Morgan fingerprint density at radius 3 is 2.31 bits per heavy atom. The van der Waals surface area contributed by atoms with E-state index < -0.39 is 12.0 Å². The third-order valence-electron chi connectivity index (χ3n) is 8.66. The molecule has 1 aromatic rings. The topological polar surface area (TPSA) is 83.5 Å². The van der Waals surface area contributed by atoms with Crippen molar-refractivity contribution >= 4 is 11.9 Å². The predicted molar refractivity (Wildman–Crippen MR) is 164 cm³/mol.